The van der Waals surface area contributed by atoms with Crippen molar-refractivity contribution in [2.24, 2.45) is 5.92 Å². The van der Waals surface area contributed by atoms with E-state index in [1.54, 1.807) is 0 Å². The number of aryl methyl sites for hydroxylation is 1. The van der Waals surface area contributed by atoms with E-state index in [1.165, 1.54) is 12.8 Å². The molecule has 2 atom stereocenters. The second-order valence-electron chi connectivity index (χ2n) is 5.21. The lowest BCUT2D eigenvalue weighted by molar-refractivity contribution is 0.0943. The number of nitrogens with one attached hydrogen (secondary N) is 2. The molecule has 0 spiro atoms. The van der Waals surface area contributed by atoms with Crippen LogP contribution < -0.4 is 10.6 Å². The number of carbonyl (C=O) groups is 1. The first-order chi connectivity index (χ1) is 8.68. The Morgan fingerprint density at radius 3 is 2.94 bits per heavy atom. The molecule has 0 saturated carbocycles. The summed E-state index contributed by atoms with van der Waals surface area (Å²) in [6, 6.07) is 8.12. The van der Waals surface area contributed by atoms with Crippen LogP contribution in [0.3, 0.4) is 0 Å². The van der Waals surface area contributed by atoms with Crippen molar-refractivity contribution in [3.05, 3.63) is 35.4 Å². The zero-order valence-corrected chi connectivity index (χ0v) is 11.2. The summed E-state index contributed by atoms with van der Waals surface area (Å²) >= 11 is 0. The van der Waals surface area contributed by atoms with Gasteiger partial charge in [-0.25, -0.2) is 0 Å². The van der Waals surface area contributed by atoms with Crippen LogP contribution in [0.25, 0.3) is 0 Å². The monoisotopic (exact) mass is 246 g/mol. The summed E-state index contributed by atoms with van der Waals surface area (Å²) in [4.78, 5) is 12.1. The van der Waals surface area contributed by atoms with Crippen molar-refractivity contribution in [3.63, 3.8) is 0 Å². The molecule has 1 aromatic rings. The Hall–Kier alpha value is -1.35. The normalized spacial score (nSPS) is 23.7. The molecular formula is C15H22N2O. The molecule has 1 amide bonds. The number of hydrogen-bond acceptors (Lipinski definition) is 2. The Bertz CT molecular complexity index is 417. The van der Waals surface area contributed by atoms with Crippen molar-refractivity contribution in [1.82, 2.24) is 10.6 Å². The summed E-state index contributed by atoms with van der Waals surface area (Å²) in [5, 5.41) is 6.51. The van der Waals surface area contributed by atoms with E-state index in [0.29, 0.717) is 18.5 Å². The SMILES string of the molecule is Cc1ccccc1C(=O)NCC1NCCCC1C. The molecular weight excluding hydrogens is 224 g/mol. The van der Waals surface area contributed by atoms with Crippen LogP contribution in [-0.4, -0.2) is 25.0 Å². The van der Waals surface area contributed by atoms with Gasteiger partial charge in [0.1, 0.15) is 0 Å². The number of carbonyl (C=O) groups excluding carboxylic acids is 1. The van der Waals surface area contributed by atoms with Crippen LogP contribution in [0, 0.1) is 12.8 Å². The molecule has 98 valence electrons. The van der Waals surface area contributed by atoms with Crippen molar-refractivity contribution in [1.29, 1.82) is 0 Å². The van der Waals surface area contributed by atoms with Crippen LogP contribution >= 0.6 is 0 Å². The van der Waals surface area contributed by atoms with E-state index >= 15 is 0 Å². The number of hydrogen-bond donors (Lipinski definition) is 2. The average Bonchev–Trinajstić information content (AvgIpc) is 2.38. The summed E-state index contributed by atoms with van der Waals surface area (Å²) in [6.45, 7) is 6.00. The van der Waals surface area contributed by atoms with Gasteiger partial charge in [-0.2, -0.15) is 0 Å². The minimum atomic E-state index is 0.0349. The van der Waals surface area contributed by atoms with E-state index in [4.69, 9.17) is 0 Å². The highest BCUT2D eigenvalue weighted by Crippen LogP contribution is 2.15. The first-order valence-electron chi connectivity index (χ1n) is 6.75. The molecule has 18 heavy (non-hydrogen) atoms. The van der Waals surface area contributed by atoms with Gasteiger partial charge < -0.3 is 10.6 Å². The van der Waals surface area contributed by atoms with E-state index in [2.05, 4.69) is 17.6 Å². The quantitative estimate of drug-likeness (QED) is 0.857. The van der Waals surface area contributed by atoms with E-state index in [-0.39, 0.29) is 5.91 Å². The van der Waals surface area contributed by atoms with Crippen LogP contribution in [0.5, 0.6) is 0 Å². The molecule has 0 bridgehead atoms. The van der Waals surface area contributed by atoms with Gasteiger partial charge in [0.05, 0.1) is 0 Å². The summed E-state index contributed by atoms with van der Waals surface area (Å²) in [7, 11) is 0. The number of benzene rings is 1. The van der Waals surface area contributed by atoms with Gasteiger partial charge in [-0.05, 0) is 43.9 Å². The molecule has 1 aromatic carbocycles. The fourth-order valence-corrected chi connectivity index (χ4v) is 2.51. The first kappa shape index (κ1) is 13.1. The summed E-state index contributed by atoms with van der Waals surface area (Å²) in [6.07, 6.45) is 2.49. The van der Waals surface area contributed by atoms with Gasteiger partial charge in [0.25, 0.3) is 5.91 Å². The predicted molar refractivity (Wildman–Crippen MR) is 73.7 cm³/mol. The highest BCUT2D eigenvalue weighted by molar-refractivity contribution is 5.95. The van der Waals surface area contributed by atoms with Gasteiger partial charge >= 0.3 is 0 Å². The Morgan fingerprint density at radius 1 is 1.44 bits per heavy atom. The Labute approximate surface area is 109 Å². The van der Waals surface area contributed by atoms with Crippen LogP contribution in [0.1, 0.15) is 35.7 Å². The van der Waals surface area contributed by atoms with Gasteiger partial charge in [-0.15, -0.1) is 0 Å². The molecule has 2 unspecified atom stereocenters. The molecule has 1 heterocycles. The van der Waals surface area contributed by atoms with Crippen molar-refractivity contribution >= 4 is 5.91 Å². The third-order valence-corrected chi connectivity index (χ3v) is 3.80. The van der Waals surface area contributed by atoms with Crippen molar-refractivity contribution in [2.75, 3.05) is 13.1 Å². The van der Waals surface area contributed by atoms with Gasteiger partial charge in [0.2, 0.25) is 0 Å². The fourth-order valence-electron chi connectivity index (χ4n) is 2.51. The number of piperidine rings is 1. The maximum absolute atomic E-state index is 12.1. The van der Waals surface area contributed by atoms with Crippen molar-refractivity contribution in [3.8, 4) is 0 Å². The zero-order chi connectivity index (χ0) is 13.0. The molecule has 1 fully saturated rings. The Morgan fingerprint density at radius 2 is 2.22 bits per heavy atom. The van der Waals surface area contributed by atoms with E-state index in [1.807, 2.05) is 31.2 Å². The molecule has 0 radical (unpaired) electrons. The van der Waals surface area contributed by atoms with Gasteiger partial charge in [0, 0.05) is 18.2 Å². The molecule has 1 saturated heterocycles. The van der Waals surface area contributed by atoms with Crippen LogP contribution in [0.2, 0.25) is 0 Å². The highest BCUT2D eigenvalue weighted by Gasteiger charge is 2.21. The molecule has 2 N–H and O–H groups in total. The van der Waals surface area contributed by atoms with Gasteiger partial charge in [-0.1, -0.05) is 25.1 Å². The standard InChI is InChI=1S/C15H22N2O/c1-11-6-3-4-8-13(11)15(18)17-10-14-12(2)7-5-9-16-14/h3-4,6,8,12,14,16H,5,7,9-10H2,1-2H3,(H,17,18). The van der Waals surface area contributed by atoms with Crippen molar-refractivity contribution < 1.29 is 4.79 Å². The smallest absolute Gasteiger partial charge is 0.251 e. The predicted octanol–water partition coefficient (Wildman–Crippen LogP) is 2.11. The summed E-state index contributed by atoms with van der Waals surface area (Å²) in [5.41, 5.74) is 1.81. The summed E-state index contributed by atoms with van der Waals surface area (Å²) < 4.78 is 0. The highest BCUT2D eigenvalue weighted by atomic mass is 16.1. The minimum Gasteiger partial charge on any atom is -0.350 e. The van der Waals surface area contributed by atoms with Gasteiger partial charge in [-0.3, -0.25) is 4.79 Å². The molecule has 3 nitrogen and oxygen atoms in total. The molecule has 2 rings (SSSR count). The number of rotatable bonds is 3. The Balaban J connectivity index is 1.90. The van der Waals surface area contributed by atoms with Gasteiger partial charge in [0.15, 0.2) is 0 Å². The van der Waals surface area contributed by atoms with Crippen molar-refractivity contribution in [2.45, 2.75) is 32.7 Å². The first-order valence-corrected chi connectivity index (χ1v) is 6.75. The lowest BCUT2D eigenvalue weighted by Gasteiger charge is -2.30. The molecule has 1 aliphatic rings. The maximum atomic E-state index is 12.1. The maximum Gasteiger partial charge on any atom is 0.251 e. The minimum absolute atomic E-state index is 0.0349. The fraction of sp³-hybridized carbons (Fsp3) is 0.533. The topological polar surface area (TPSA) is 41.1 Å². The lowest BCUT2D eigenvalue weighted by Crippen LogP contribution is -2.47. The van der Waals surface area contributed by atoms with E-state index in [9.17, 15) is 4.79 Å². The zero-order valence-electron chi connectivity index (χ0n) is 11.2. The van der Waals surface area contributed by atoms with Crippen LogP contribution in [0.15, 0.2) is 24.3 Å². The summed E-state index contributed by atoms with van der Waals surface area (Å²) in [5.74, 6) is 0.670. The van der Waals surface area contributed by atoms with E-state index in [0.717, 1.165) is 17.7 Å². The largest absolute Gasteiger partial charge is 0.350 e. The lowest BCUT2D eigenvalue weighted by atomic mass is 9.92. The van der Waals surface area contributed by atoms with Crippen LogP contribution in [0.4, 0.5) is 0 Å². The third kappa shape index (κ3) is 3.10. The average molecular weight is 246 g/mol. The molecule has 0 aromatic heterocycles. The van der Waals surface area contributed by atoms with Crippen LogP contribution in [-0.2, 0) is 0 Å². The third-order valence-electron chi connectivity index (χ3n) is 3.80. The second kappa shape index (κ2) is 6.01. The molecule has 3 heteroatoms. The molecule has 0 aliphatic carbocycles. The number of amides is 1. The molecule has 1 aliphatic heterocycles. The second-order valence-corrected chi connectivity index (χ2v) is 5.21. The van der Waals surface area contributed by atoms with E-state index < -0.39 is 0 Å². The Kier molecular flexibility index (Phi) is 4.37.